The van der Waals surface area contributed by atoms with Crippen LogP contribution in [0.2, 0.25) is 0 Å². The molecule has 1 aromatic carbocycles. The summed E-state index contributed by atoms with van der Waals surface area (Å²) in [5.74, 6) is 0.691. The van der Waals surface area contributed by atoms with Crippen molar-refractivity contribution in [3.05, 3.63) is 66.2 Å². The highest BCUT2D eigenvalue weighted by atomic mass is 16.6. The number of amides is 2. The molecule has 7 rings (SSSR count). The lowest BCUT2D eigenvalue weighted by Gasteiger charge is -2.33. The number of hydrogen-bond acceptors (Lipinski definition) is 9. The third-order valence-corrected chi connectivity index (χ3v) is 9.47. The van der Waals surface area contributed by atoms with Crippen LogP contribution in [-0.4, -0.2) is 87.9 Å². The van der Waals surface area contributed by atoms with Crippen molar-refractivity contribution in [2.45, 2.75) is 64.6 Å². The van der Waals surface area contributed by atoms with Gasteiger partial charge in [0.15, 0.2) is 0 Å². The van der Waals surface area contributed by atoms with E-state index in [1.165, 1.54) is 0 Å². The number of benzene rings is 1. The first-order valence-corrected chi connectivity index (χ1v) is 16.9. The molecular weight excluding hydrogens is 608 g/mol. The van der Waals surface area contributed by atoms with Crippen LogP contribution >= 0.6 is 0 Å². The number of ether oxygens (including phenoxy) is 2. The Hall–Kier alpha value is -4.55. The summed E-state index contributed by atoms with van der Waals surface area (Å²) in [5.41, 5.74) is 4.47. The molecular formula is C36H44N8O4. The van der Waals surface area contributed by atoms with Crippen molar-refractivity contribution < 1.29 is 19.1 Å². The number of piperidine rings is 1. The molecule has 2 atom stereocenters. The van der Waals surface area contributed by atoms with Crippen LogP contribution in [0.25, 0.3) is 22.3 Å². The fourth-order valence-corrected chi connectivity index (χ4v) is 7.10. The van der Waals surface area contributed by atoms with Gasteiger partial charge in [0.25, 0.3) is 5.91 Å². The van der Waals surface area contributed by atoms with Gasteiger partial charge in [-0.2, -0.15) is 0 Å². The molecule has 0 aliphatic carbocycles. The summed E-state index contributed by atoms with van der Waals surface area (Å²) in [4.78, 5) is 47.1. The summed E-state index contributed by atoms with van der Waals surface area (Å²) in [6, 6.07) is 13.6. The molecule has 1 spiro atoms. The Balaban J connectivity index is 0.968. The average molecular weight is 653 g/mol. The van der Waals surface area contributed by atoms with Crippen LogP contribution in [0.5, 0.6) is 0 Å². The predicted molar refractivity (Wildman–Crippen MR) is 184 cm³/mol. The van der Waals surface area contributed by atoms with E-state index < -0.39 is 5.60 Å². The van der Waals surface area contributed by atoms with Crippen LogP contribution in [0.3, 0.4) is 0 Å². The van der Waals surface area contributed by atoms with Gasteiger partial charge in [0.05, 0.1) is 12.0 Å². The fourth-order valence-electron chi connectivity index (χ4n) is 7.10. The van der Waals surface area contributed by atoms with Gasteiger partial charge in [0, 0.05) is 61.8 Å². The van der Waals surface area contributed by atoms with Crippen molar-refractivity contribution in [1.82, 2.24) is 30.2 Å². The molecule has 0 radical (unpaired) electrons. The topological polar surface area (TPSA) is 138 Å². The molecule has 4 aromatic rings. The molecule has 2 amide bonds. The third kappa shape index (κ3) is 7.29. The first-order valence-electron chi connectivity index (χ1n) is 16.9. The normalized spacial score (nSPS) is 21.6. The Labute approximate surface area is 280 Å². The first-order chi connectivity index (χ1) is 23.1. The van der Waals surface area contributed by atoms with Gasteiger partial charge in [-0.1, -0.05) is 12.1 Å². The summed E-state index contributed by atoms with van der Waals surface area (Å²) in [5, 5.41) is 6.99. The van der Waals surface area contributed by atoms with Crippen molar-refractivity contribution in [2.75, 3.05) is 49.6 Å². The Morgan fingerprint density at radius 2 is 1.94 bits per heavy atom. The molecule has 3 fully saturated rings. The van der Waals surface area contributed by atoms with E-state index in [1.54, 1.807) is 12.5 Å². The second-order valence-electron chi connectivity index (χ2n) is 14.4. The van der Waals surface area contributed by atoms with Crippen LogP contribution in [0, 0.1) is 5.41 Å². The van der Waals surface area contributed by atoms with E-state index >= 15 is 0 Å². The number of fused-ring (bicyclic) bond motifs is 1. The molecule has 3 aliphatic rings. The largest absolute Gasteiger partial charge is 0.444 e. The van der Waals surface area contributed by atoms with Crippen molar-refractivity contribution in [1.29, 1.82) is 0 Å². The Morgan fingerprint density at radius 3 is 2.73 bits per heavy atom. The molecule has 1 unspecified atom stereocenters. The van der Waals surface area contributed by atoms with Gasteiger partial charge in [-0.05, 0) is 94.5 Å². The summed E-state index contributed by atoms with van der Waals surface area (Å²) in [6.07, 6.45) is 7.01. The number of nitrogens with one attached hydrogen (secondary N) is 3. The number of H-pyrrole nitrogens is 1. The number of alkyl carbamates (subject to hydrolysis) is 1. The quantitative estimate of drug-likeness (QED) is 0.240. The number of carbonyl (C=O) groups excluding carboxylic acids is 2. The highest BCUT2D eigenvalue weighted by molar-refractivity contribution is 6.03. The highest BCUT2D eigenvalue weighted by Crippen LogP contribution is 2.41. The number of anilines is 2. The van der Waals surface area contributed by atoms with E-state index in [4.69, 9.17) is 9.47 Å². The number of aromatic nitrogens is 4. The maximum absolute atomic E-state index is 13.2. The van der Waals surface area contributed by atoms with Crippen molar-refractivity contribution in [2.24, 2.45) is 5.41 Å². The highest BCUT2D eigenvalue weighted by Gasteiger charge is 2.42. The maximum atomic E-state index is 13.2. The molecule has 12 heteroatoms. The number of nitrogens with zero attached hydrogens (tertiary/aromatic N) is 5. The van der Waals surface area contributed by atoms with Gasteiger partial charge >= 0.3 is 6.09 Å². The van der Waals surface area contributed by atoms with Gasteiger partial charge < -0.3 is 30.0 Å². The summed E-state index contributed by atoms with van der Waals surface area (Å²) in [6.45, 7) is 11.5. The summed E-state index contributed by atoms with van der Waals surface area (Å²) >= 11 is 0. The number of carbonyl (C=O) groups is 2. The number of hydrogen-bond donors (Lipinski definition) is 3. The zero-order chi connectivity index (χ0) is 33.3. The lowest BCUT2D eigenvalue weighted by Crippen LogP contribution is -2.48. The van der Waals surface area contributed by atoms with Gasteiger partial charge in [-0.25, -0.2) is 14.8 Å². The van der Waals surface area contributed by atoms with Crippen molar-refractivity contribution in [3.63, 3.8) is 0 Å². The minimum Gasteiger partial charge on any atom is -0.444 e. The SMILES string of the molecule is CC(C)(C)OC(=O)N[C@@H]1CCCN(Cc2ccnc(C(=O)Nc3ccc(-c4cc5c(N6CCC7(CCOC7)C6)ncnc5[nH]4)cc3)c2)C1. The van der Waals surface area contributed by atoms with Gasteiger partial charge in [0.2, 0.25) is 0 Å². The molecule has 3 aliphatic heterocycles. The van der Waals surface area contributed by atoms with E-state index in [0.29, 0.717) is 24.5 Å². The molecule has 3 aromatic heterocycles. The zero-order valence-electron chi connectivity index (χ0n) is 27.9. The zero-order valence-corrected chi connectivity index (χ0v) is 27.9. The lowest BCUT2D eigenvalue weighted by atomic mass is 9.87. The second-order valence-corrected chi connectivity index (χ2v) is 14.4. The molecule has 252 valence electrons. The maximum Gasteiger partial charge on any atom is 0.407 e. The number of pyridine rings is 1. The van der Waals surface area contributed by atoms with E-state index in [2.05, 4.69) is 46.4 Å². The Kier molecular flexibility index (Phi) is 8.78. The van der Waals surface area contributed by atoms with Gasteiger partial charge in [0.1, 0.15) is 29.1 Å². The summed E-state index contributed by atoms with van der Waals surface area (Å²) in [7, 11) is 0. The Bertz CT molecular complexity index is 1780. The van der Waals surface area contributed by atoms with E-state index in [0.717, 1.165) is 92.2 Å². The van der Waals surface area contributed by atoms with E-state index in [-0.39, 0.29) is 23.5 Å². The number of likely N-dealkylation sites (tertiary alicyclic amines) is 1. The molecule has 48 heavy (non-hydrogen) atoms. The fraction of sp³-hybridized carbons (Fsp3) is 0.472. The monoisotopic (exact) mass is 652 g/mol. The predicted octanol–water partition coefficient (Wildman–Crippen LogP) is 5.38. The minimum absolute atomic E-state index is 0.0187. The molecule has 0 bridgehead atoms. The number of aromatic amines is 1. The first kappa shape index (κ1) is 32.0. The van der Waals surface area contributed by atoms with Crippen molar-refractivity contribution >= 4 is 34.5 Å². The van der Waals surface area contributed by atoms with Gasteiger partial charge in [-0.15, -0.1) is 0 Å². The molecule has 0 saturated carbocycles. The standard InChI is InChI=1S/C36H44N8O4/c1-35(2,3)48-34(46)41-27-5-4-14-43(20-27)19-24-10-13-37-30(17-24)33(45)40-26-8-6-25(7-9-26)29-18-28-31(42-29)38-23-39-32(28)44-15-11-36(21-44)12-16-47-22-36/h6-10,13,17-18,23,27H,4-5,11-12,14-16,19-22H2,1-3H3,(H,40,45)(H,41,46)(H,38,39,42)/t27-,36?/m1/s1. The molecule has 12 nitrogen and oxygen atoms in total. The number of rotatable bonds is 7. The molecule has 3 N–H and O–H groups in total. The second kappa shape index (κ2) is 13.2. The van der Waals surface area contributed by atoms with E-state index in [9.17, 15) is 9.59 Å². The minimum atomic E-state index is -0.533. The van der Waals surface area contributed by atoms with Gasteiger partial charge in [-0.3, -0.25) is 14.7 Å². The third-order valence-electron chi connectivity index (χ3n) is 9.47. The molecule has 3 saturated heterocycles. The van der Waals surface area contributed by atoms with E-state index in [1.807, 2.05) is 57.2 Å². The van der Waals surface area contributed by atoms with Crippen LogP contribution in [0.15, 0.2) is 55.0 Å². The lowest BCUT2D eigenvalue weighted by molar-refractivity contribution is 0.0470. The van der Waals surface area contributed by atoms with Crippen LogP contribution < -0.4 is 15.5 Å². The summed E-state index contributed by atoms with van der Waals surface area (Å²) < 4.78 is 11.1. The average Bonchev–Trinajstić information content (AvgIpc) is 3.81. The van der Waals surface area contributed by atoms with Crippen LogP contribution in [-0.2, 0) is 16.0 Å². The van der Waals surface area contributed by atoms with Crippen LogP contribution in [0.4, 0.5) is 16.3 Å². The Morgan fingerprint density at radius 1 is 1.08 bits per heavy atom. The van der Waals surface area contributed by atoms with Crippen LogP contribution in [0.1, 0.15) is 62.5 Å². The smallest absolute Gasteiger partial charge is 0.407 e. The molecule has 6 heterocycles. The van der Waals surface area contributed by atoms with Crippen molar-refractivity contribution in [3.8, 4) is 11.3 Å².